The number of rotatable bonds is 5. The fourth-order valence-corrected chi connectivity index (χ4v) is 6.35. The second-order valence-corrected chi connectivity index (χ2v) is 9.10. The predicted molar refractivity (Wildman–Crippen MR) is 96.4 cm³/mol. The first-order valence-corrected chi connectivity index (χ1v) is 10.2. The van der Waals surface area contributed by atoms with E-state index in [9.17, 15) is 14.4 Å². The molecule has 5 nitrogen and oxygen atoms in total. The quantitative estimate of drug-likeness (QED) is 0.746. The summed E-state index contributed by atoms with van der Waals surface area (Å²) in [6.07, 6.45) is 6.21. The molecule has 3 aliphatic rings. The fraction of sp³-hybridized carbons (Fsp3) is 0.857. The summed E-state index contributed by atoms with van der Waals surface area (Å²) in [5, 5.41) is 9.11. The number of carboxylic acid groups (broad SMARTS) is 1. The number of Topliss-reactive ketones (excluding diaryl/α,β-unsaturated/α-hetero) is 1. The third kappa shape index (κ3) is 3.07. The van der Waals surface area contributed by atoms with E-state index < -0.39 is 11.4 Å². The summed E-state index contributed by atoms with van der Waals surface area (Å²) >= 11 is 0. The van der Waals surface area contributed by atoms with Crippen molar-refractivity contribution in [3.05, 3.63) is 0 Å². The van der Waals surface area contributed by atoms with Gasteiger partial charge in [0.05, 0.1) is 0 Å². The number of carbonyl (C=O) groups excluding carboxylic acids is 2. The van der Waals surface area contributed by atoms with E-state index in [1.807, 2.05) is 13.8 Å². The minimum Gasteiger partial charge on any atom is -0.481 e. The molecule has 0 amide bonds. The first-order chi connectivity index (χ1) is 12.2. The van der Waals surface area contributed by atoms with E-state index in [0.29, 0.717) is 31.1 Å². The zero-order chi connectivity index (χ0) is 19.1. The Kier molecular flexibility index (Phi) is 5.19. The van der Waals surface area contributed by atoms with Crippen LogP contribution in [0.4, 0.5) is 0 Å². The molecule has 146 valence electrons. The van der Waals surface area contributed by atoms with Crippen LogP contribution in [0.2, 0.25) is 0 Å². The summed E-state index contributed by atoms with van der Waals surface area (Å²) in [5.74, 6) is 0.472. The van der Waals surface area contributed by atoms with Crippen LogP contribution in [0.3, 0.4) is 0 Å². The molecule has 3 saturated carbocycles. The summed E-state index contributed by atoms with van der Waals surface area (Å²) < 4.78 is 5.78. The molecular formula is C21H32O5. The van der Waals surface area contributed by atoms with Crippen molar-refractivity contribution in [2.45, 2.75) is 84.7 Å². The number of aliphatic carboxylic acids is 1. The van der Waals surface area contributed by atoms with E-state index in [1.54, 1.807) is 0 Å². The molecule has 1 N–H and O–H groups in total. The lowest BCUT2D eigenvalue weighted by Crippen LogP contribution is -2.53. The molecule has 0 heterocycles. The molecule has 0 aliphatic heterocycles. The first-order valence-electron chi connectivity index (χ1n) is 10.2. The lowest BCUT2D eigenvalue weighted by molar-refractivity contribution is -0.162. The number of carbonyl (C=O) groups is 3. The van der Waals surface area contributed by atoms with Crippen LogP contribution in [0.1, 0.15) is 78.6 Å². The number of hydrogen-bond donors (Lipinski definition) is 1. The van der Waals surface area contributed by atoms with Gasteiger partial charge in [-0.3, -0.25) is 14.4 Å². The van der Waals surface area contributed by atoms with Crippen LogP contribution < -0.4 is 0 Å². The van der Waals surface area contributed by atoms with Crippen LogP contribution in [-0.2, 0) is 19.1 Å². The van der Waals surface area contributed by atoms with Crippen LogP contribution in [0.5, 0.6) is 0 Å². The Labute approximate surface area is 155 Å². The second-order valence-electron chi connectivity index (χ2n) is 9.10. The third-order valence-electron chi connectivity index (χ3n) is 7.93. The van der Waals surface area contributed by atoms with Crippen molar-refractivity contribution in [2.24, 2.45) is 28.6 Å². The molecule has 0 bridgehead atoms. The molecule has 3 aliphatic carbocycles. The van der Waals surface area contributed by atoms with E-state index in [-0.39, 0.29) is 35.6 Å². The van der Waals surface area contributed by atoms with E-state index in [0.717, 1.165) is 32.1 Å². The minimum atomic E-state index is -0.825. The maximum atomic E-state index is 12.7. The Bertz CT molecular complexity index is 599. The van der Waals surface area contributed by atoms with Crippen LogP contribution >= 0.6 is 0 Å². The molecule has 5 heteroatoms. The van der Waals surface area contributed by atoms with Gasteiger partial charge in [-0.05, 0) is 56.3 Å². The second kappa shape index (κ2) is 6.97. The predicted octanol–water partition coefficient (Wildman–Crippen LogP) is 3.98. The Balaban J connectivity index is 1.81. The van der Waals surface area contributed by atoms with Gasteiger partial charge in [-0.2, -0.15) is 0 Å². The van der Waals surface area contributed by atoms with Crippen LogP contribution in [0.25, 0.3) is 0 Å². The molecule has 0 saturated heterocycles. The molecule has 0 aromatic carbocycles. The van der Waals surface area contributed by atoms with Gasteiger partial charge in [0.2, 0.25) is 0 Å². The van der Waals surface area contributed by atoms with Gasteiger partial charge in [-0.15, -0.1) is 0 Å². The van der Waals surface area contributed by atoms with Crippen molar-refractivity contribution in [2.75, 3.05) is 0 Å². The normalized spacial score (nSPS) is 42.0. The van der Waals surface area contributed by atoms with E-state index in [4.69, 9.17) is 9.84 Å². The molecule has 3 rings (SSSR count). The smallest absolute Gasteiger partial charge is 0.305 e. The van der Waals surface area contributed by atoms with Gasteiger partial charge in [0, 0.05) is 30.1 Å². The Morgan fingerprint density at radius 1 is 1.15 bits per heavy atom. The topological polar surface area (TPSA) is 80.7 Å². The van der Waals surface area contributed by atoms with Crippen molar-refractivity contribution in [1.29, 1.82) is 0 Å². The number of hydrogen-bond acceptors (Lipinski definition) is 4. The Hall–Kier alpha value is -1.39. The highest BCUT2D eigenvalue weighted by Crippen LogP contribution is 2.63. The zero-order valence-corrected chi connectivity index (χ0v) is 16.3. The molecule has 26 heavy (non-hydrogen) atoms. The summed E-state index contributed by atoms with van der Waals surface area (Å²) in [4.78, 5) is 35.7. The molecule has 3 fully saturated rings. The standard InChI is InChI=1S/C21H32O5/c1-4-19(25)26-17-8-6-14-13-5-7-16(22)20(2,12-10-18(23)24)15(13)9-11-21(14,17)3/h13-15,17H,4-12H2,1-3H3,(H,23,24)/t13?,14?,15?,17-,20+,21-/m0/s1. The van der Waals surface area contributed by atoms with Gasteiger partial charge in [0.25, 0.3) is 0 Å². The number of ether oxygens (including phenoxy) is 1. The van der Waals surface area contributed by atoms with E-state index >= 15 is 0 Å². The van der Waals surface area contributed by atoms with Crippen molar-refractivity contribution >= 4 is 17.7 Å². The van der Waals surface area contributed by atoms with Gasteiger partial charge < -0.3 is 9.84 Å². The molecule has 0 spiro atoms. The van der Waals surface area contributed by atoms with Gasteiger partial charge in [0.15, 0.2) is 0 Å². The van der Waals surface area contributed by atoms with Crippen molar-refractivity contribution < 1.29 is 24.2 Å². The molecule has 3 unspecified atom stereocenters. The average Bonchev–Trinajstić information content (AvgIpc) is 2.93. The highest BCUT2D eigenvalue weighted by atomic mass is 16.5. The number of esters is 1. The lowest BCUT2D eigenvalue weighted by Gasteiger charge is -2.55. The molecule has 6 atom stereocenters. The molecule has 0 aromatic heterocycles. The van der Waals surface area contributed by atoms with E-state index in [1.165, 1.54) is 0 Å². The monoisotopic (exact) mass is 364 g/mol. The highest BCUT2D eigenvalue weighted by molar-refractivity contribution is 5.86. The van der Waals surface area contributed by atoms with Gasteiger partial charge in [-0.1, -0.05) is 20.8 Å². The number of ketones is 1. The zero-order valence-electron chi connectivity index (χ0n) is 16.3. The lowest BCUT2D eigenvalue weighted by atomic mass is 9.49. The summed E-state index contributed by atoms with van der Waals surface area (Å²) in [6.45, 7) is 6.09. The molecule has 0 aromatic rings. The maximum absolute atomic E-state index is 12.7. The number of carboxylic acids is 1. The van der Waals surface area contributed by atoms with E-state index in [2.05, 4.69) is 6.92 Å². The van der Waals surface area contributed by atoms with Gasteiger partial charge >= 0.3 is 11.9 Å². The number of fused-ring (bicyclic) bond motifs is 3. The minimum absolute atomic E-state index is 0.0000915. The highest BCUT2D eigenvalue weighted by Gasteiger charge is 2.60. The average molecular weight is 364 g/mol. The van der Waals surface area contributed by atoms with Gasteiger partial charge in [-0.25, -0.2) is 0 Å². The van der Waals surface area contributed by atoms with Crippen molar-refractivity contribution in [3.8, 4) is 0 Å². The maximum Gasteiger partial charge on any atom is 0.305 e. The summed E-state index contributed by atoms with van der Waals surface area (Å²) in [7, 11) is 0. The first kappa shape index (κ1) is 19.4. The van der Waals surface area contributed by atoms with Gasteiger partial charge in [0.1, 0.15) is 11.9 Å². The largest absolute Gasteiger partial charge is 0.481 e. The van der Waals surface area contributed by atoms with Crippen molar-refractivity contribution in [3.63, 3.8) is 0 Å². The summed E-state index contributed by atoms with van der Waals surface area (Å²) in [6, 6.07) is 0. The Morgan fingerprint density at radius 3 is 2.54 bits per heavy atom. The van der Waals surface area contributed by atoms with Crippen molar-refractivity contribution in [1.82, 2.24) is 0 Å². The fourth-order valence-electron chi connectivity index (χ4n) is 6.35. The molecular weight excluding hydrogens is 332 g/mol. The SMILES string of the molecule is CCC(=O)O[C@H]1CCC2C3CCC(=O)[C@](C)(CCC(=O)O)C3CC[C@@]21C. The van der Waals surface area contributed by atoms with Crippen LogP contribution in [0.15, 0.2) is 0 Å². The van der Waals surface area contributed by atoms with Crippen LogP contribution in [0, 0.1) is 28.6 Å². The third-order valence-corrected chi connectivity index (χ3v) is 7.93. The Morgan fingerprint density at radius 2 is 1.88 bits per heavy atom. The molecule has 0 radical (unpaired) electrons. The summed E-state index contributed by atoms with van der Waals surface area (Å²) in [5.41, 5.74) is -0.513. The van der Waals surface area contributed by atoms with Crippen LogP contribution in [-0.4, -0.2) is 28.9 Å².